The number of carbonyl (C=O) groups is 2. The van der Waals surface area contributed by atoms with Gasteiger partial charge < -0.3 is 0 Å². The zero-order valence-electron chi connectivity index (χ0n) is 21.1. The maximum Gasteiger partial charge on any atom is 0.244 e. The van der Waals surface area contributed by atoms with Gasteiger partial charge in [-0.05, 0) is 60.0 Å². The van der Waals surface area contributed by atoms with Crippen LogP contribution >= 0.6 is 11.6 Å². The largest absolute Gasteiger partial charge is 0.298 e. The lowest BCUT2D eigenvalue weighted by Gasteiger charge is -2.28. The van der Waals surface area contributed by atoms with Crippen LogP contribution in [0.4, 0.5) is 0 Å². The van der Waals surface area contributed by atoms with Gasteiger partial charge in [-0.2, -0.15) is 4.31 Å². The van der Waals surface area contributed by atoms with Gasteiger partial charge in [0.05, 0.1) is 17.4 Å². The van der Waals surface area contributed by atoms with Crippen molar-refractivity contribution in [2.45, 2.75) is 43.7 Å². The molecule has 3 heterocycles. The van der Waals surface area contributed by atoms with Crippen molar-refractivity contribution >= 4 is 33.2 Å². The lowest BCUT2D eigenvalue weighted by molar-refractivity contribution is -0.121. The molecule has 0 saturated carbocycles. The first kappa shape index (κ1) is 26.8. The fourth-order valence-corrected chi connectivity index (χ4v) is 6.33. The summed E-state index contributed by atoms with van der Waals surface area (Å²) >= 11 is 6.18. The minimum absolute atomic E-state index is 0.00149. The third-order valence-corrected chi connectivity index (χ3v) is 8.75. The molecule has 0 unspecified atom stereocenters. The fraction of sp³-hybridized carbons (Fsp3) is 0.207. The van der Waals surface area contributed by atoms with Crippen LogP contribution < -0.4 is 0 Å². The molecular formula is C29H25ClN4O4S. The number of fused-ring (bicyclic) bond motifs is 1. The fourth-order valence-electron chi connectivity index (χ4n) is 4.55. The Bertz CT molecular complexity index is 1630. The quantitative estimate of drug-likeness (QED) is 0.312. The molecule has 0 N–H and O–H groups in total. The van der Waals surface area contributed by atoms with Gasteiger partial charge in [-0.15, -0.1) is 0 Å². The number of hydrogen-bond donors (Lipinski definition) is 0. The van der Waals surface area contributed by atoms with Gasteiger partial charge in [-0.25, -0.2) is 18.4 Å². The van der Waals surface area contributed by atoms with Crippen LogP contribution in [0.2, 0.25) is 5.02 Å². The van der Waals surface area contributed by atoms with Crippen LogP contribution in [-0.2, 0) is 40.6 Å². The lowest BCUT2D eigenvalue weighted by atomic mass is 10.00. The van der Waals surface area contributed by atoms with Crippen LogP contribution in [0.3, 0.4) is 0 Å². The Balaban J connectivity index is 1.46. The standard InChI is InChI=1S/C29H25ClN4O4S/c1-19-16-32-29(33-17-19)15-27(35)20-6-9-25(10-7-20)39(37,38)34-18-21-5-8-23(30)12-22(21)13-28(36)26(34)14-24-4-2-3-11-31-24/h2-12,16-17,26H,13-15,18H2,1H3/t26-/m1/s1. The number of hydrogen-bond acceptors (Lipinski definition) is 7. The highest BCUT2D eigenvalue weighted by molar-refractivity contribution is 7.89. The molecule has 1 aliphatic heterocycles. The van der Waals surface area contributed by atoms with E-state index in [1.165, 1.54) is 28.6 Å². The van der Waals surface area contributed by atoms with Crippen molar-refractivity contribution in [3.8, 4) is 0 Å². The average Bonchev–Trinajstić information content (AvgIpc) is 3.06. The average molecular weight is 561 g/mol. The van der Waals surface area contributed by atoms with Crippen LogP contribution in [0.15, 0.2) is 84.1 Å². The van der Waals surface area contributed by atoms with Gasteiger partial charge in [0.2, 0.25) is 10.0 Å². The molecular weight excluding hydrogens is 536 g/mol. The van der Waals surface area contributed by atoms with E-state index in [1.54, 1.807) is 55.0 Å². The number of halogens is 1. The van der Waals surface area contributed by atoms with E-state index in [9.17, 15) is 18.0 Å². The summed E-state index contributed by atoms with van der Waals surface area (Å²) in [5.74, 6) is -0.0803. The Kier molecular flexibility index (Phi) is 7.65. The number of aryl methyl sites for hydroxylation is 1. The summed E-state index contributed by atoms with van der Waals surface area (Å²) in [4.78, 5) is 38.9. The molecule has 4 aromatic rings. The minimum Gasteiger partial charge on any atom is -0.298 e. The highest BCUT2D eigenvalue weighted by atomic mass is 35.5. The van der Waals surface area contributed by atoms with Crippen LogP contribution in [-0.4, -0.2) is 45.3 Å². The van der Waals surface area contributed by atoms with Crippen molar-refractivity contribution in [3.05, 3.63) is 118 Å². The summed E-state index contributed by atoms with van der Waals surface area (Å²) < 4.78 is 29.2. The van der Waals surface area contributed by atoms with E-state index >= 15 is 0 Å². The van der Waals surface area contributed by atoms with Crippen molar-refractivity contribution in [2.75, 3.05) is 0 Å². The van der Waals surface area contributed by atoms with Gasteiger partial charge in [0.25, 0.3) is 0 Å². The number of ketones is 2. The van der Waals surface area contributed by atoms with Gasteiger partial charge in [0, 0.05) is 54.3 Å². The van der Waals surface area contributed by atoms with Crippen LogP contribution in [0.1, 0.15) is 38.6 Å². The number of sulfonamides is 1. The number of aromatic nitrogens is 3. The first-order chi connectivity index (χ1) is 18.7. The van der Waals surface area contributed by atoms with E-state index in [1.807, 2.05) is 6.92 Å². The van der Waals surface area contributed by atoms with Gasteiger partial charge in [-0.1, -0.05) is 35.9 Å². The van der Waals surface area contributed by atoms with Crippen LogP contribution in [0, 0.1) is 6.92 Å². The number of rotatable bonds is 7. The molecule has 0 aliphatic carbocycles. The van der Waals surface area contributed by atoms with Gasteiger partial charge >= 0.3 is 0 Å². The second kappa shape index (κ2) is 11.1. The highest BCUT2D eigenvalue weighted by Gasteiger charge is 2.39. The van der Waals surface area contributed by atoms with E-state index in [4.69, 9.17) is 11.6 Å². The normalized spacial score (nSPS) is 15.9. The molecule has 0 fully saturated rings. The van der Waals surface area contributed by atoms with Crippen molar-refractivity contribution in [2.24, 2.45) is 0 Å². The van der Waals surface area contributed by atoms with Crippen molar-refractivity contribution in [1.29, 1.82) is 0 Å². The van der Waals surface area contributed by atoms with Crippen LogP contribution in [0.25, 0.3) is 0 Å². The molecule has 198 valence electrons. The topological polar surface area (TPSA) is 110 Å². The number of Topliss-reactive ketones (excluding diaryl/α,β-unsaturated/α-hetero) is 2. The second-order valence-electron chi connectivity index (χ2n) is 9.45. The van der Waals surface area contributed by atoms with E-state index in [0.717, 1.165) is 5.56 Å². The number of benzene rings is 2. The first-order valence-corrected chi connectivity index (χ1v) is 14.1. The Morgan fingerprint density at radius 1 is 1.00 bits per heavy atom. The SMILES string of the molecule is Cc1cnc(CC(=O)c2ccc(S(=O)(=O)N3Cc4ccc(Cl)cc4CC(=O)[C@H]3Cc3ccccn3)cc2)nc1. The summed E-state index contributed by atoms with van der Waals surface area (Å²) in [6.07, 6.45) is 5.09. The van der Waals surface area contributed by atoms with Crippen molar-refractivity contribution < 1.29 is 18.0 Å². The predicted octanol–water partition coefficient (Wildman–Crippen LogP) is 4.19. The zero-order valence-corrected chi connectivity index (χ0v) is 22.7. The van der Waals surface area contributed by atoms with Gasteiger partial charge in [0.1, 0.15) is 5.82 Å². The molecule has 5 rings (SSSR count). The summed E-state index contributed by atoms with van der Waals surface area (Å²) in [6.45, 7) is 1.86. The molecule has 0 spiro atoms. The van der Waals surface area contributed by atoms with E-state index < -0.39 is 16.1 Å². The van der Waals surface area contributed by atoms with Crippen LogP contribution in [0.5, 0.6) is 0 Å². The summed E-state index contributed by atoms with van der Waals surface area (Å²) in [5, 5.41) is 0.482. The molecule has 0 saturated heterocycles. The van der Waals surface area contributed by atoms with Crippen molar-refractivity contribution in [1.82, 2.24) is 19.3 Å². The Morgan fingerprint density at radius 3 is 2.44 bits per heavy atom. The maximum absolute atomic E-state index is 14.0. The van der Waals surface area contributed by atoms with E-state index in [2.05, 4.69) is 15.0 Å². The minimum atomic E-state index is -4.13. The molecule has 1 atom stereocenters. The van der Waals surface area contributed by atoms with E-state index in [-0.39, 0.29) is 42.3 Å². The Hall–Kier alpha value is -3.79. The number of pyridine rings is 1. The summed E-state index contributed by atoms with van der Waals surface area (Å²) in [6, 6.07) is 15.3. The second-order valence-corrected chi connectivity index (χ2v) is 11.8. The van der Waals surface area contributed by atoms with Gasteiger partial charge in [0.15, 0.2) is 11.6 Å². The summed E-state index contributed by atoms with van der Waals surface area (Å²) in [7, 11) is -4.13. The molecule has 2 aromatic heterocycles. The third-order valence-electron chi connectivity index (χ3n) is 6.64. The molecule has 0 amide bonds. The molecule has 0 radical (unpaired) electrons. The van der Waals surface area contributed by atoms with E-state index in [0.29, 0.717) is 33.2 Å². The molecule has 39 heavy (non-hydrogen) atoms. The zero-order chi connectivity index (χ0) is 27.6. The van der Waals surface area contributed by atoms with Gasteiger partial charge in [-0.3, -0.25) is 14.6 Å². The summed E-state index contributed by atoms with van der Waals surface area (Å²) in [5.41, 5.74) is 3.26. The smallest absolute Gasteiger partial charge is 0.244 e. The van der Waals surface area contributed by atoms with Crippen molar-refractivity contribution in [3.63, 3.8) is 0 Å². The molecule has 8 nitrogen and oxygen atoms in total. The Morgan fingerprint density at radius 2 is 1.74 bits per heavy atom. The predicted molar refractivity (Wildman–Crippen MR) is 146 cm³/mol. The molecule has 1 aliphatic rings. The number of nitrogens with zero attached hydrogens (tertiary/aromatic N) is 4. The highest BCUT2D eigenvalue weighted by Crippen LogP contribution is 2.30. The lowest BCUT2D eigenvalue weighted by Crippen LogP contribution is -2.45. The molecule has 10 heteroatoms. The molecule has 2 aromatic carbocycles. The third kappa shape index (κ3) is 5.95. The first-order valence-electron chi connectivity index (χ1n) is 12.3. The Labute approximate surface area is 231 Å². The number of carbonyl (C=O) groups excluding carboxylic acids is 2. The maximum atomic E-state index is 14.0. The molecule has 0 bridgehead atoms. The monoisotopic (exact) mass is 560 g/mol.